The van der Waals surface area contributed by atoms with Gasteiger partial charge in [-0.3, -0.25) is 29.6 Å². The van der Waals surface area contributed by atoms with Gasteiger partial charge in [-0.2, -0.15) is 0 Å². The standard InChI is InChI=1S/C22H29N5O5/c1-11(2)10-14-16-17(20(30)26(3)19(16)29)22(21(31)32,27(14)9-8-15(23)28)13-6-4-12(5-7-13)18(24)25/h4-7,11,14,16-17H,8-10H2,1-3H3,(H2,23,28)(H3,24,25)(H,31,32). The Bertz CT molecular complexity index is 975. The highest BCUT2D eigenvalue weighted by Crippen LogP contribution is 2.55. The molecule has 3 amide bonds. The van der Waals surface area contributed by atoms with Crippen molar-refractivity contribution in [3.8, 4) is 0 Å². The molecule has 4 unspecified atom stereocenters. The zero-order valence-corrected chi connectivity index (χ0v) is 18.4. The maximum atomic E-state index is 13.3. The van der Waals surface area contributed by atoms with Crippen LogP contribution in [-0.2, 0) is 24.7 Å². The highest BCUT2D eigenvalue weighted by molar-refractivity contribution is 6.09. The molecule has 2 heterocycles. The minimum Gasteiger partial charge on any atom is -0.480 e. The molecular weight excluding hydrogens is 414 g/mol. The SMILES string of the molecule is CC(C)CC1C2C(=O)N(C)C(=O)C2C(C(=O)O)(c2ccc(C(=N)N)cc2)N1CCC(N)=O. The number of carbonyl (C=O) groups is 4. The third kappa shape index (κ3) is 3.44. The molecule has 0 aliphatic carbocycles. The van der Waals surface area contributed by atoms with Gasteiger partial charge in [-0.15, -0.1) is 0 Å². The van der Waals surface area contributed by atoms with E-state index >= 15 is 0 Å². The number of nitrogens with one attached hydrogen (secondary N) is 1. The molecule has 10 nitrogen and oxygen atoms in total. The number of amides is 3. The average molecular weight is 444 g/mol. The molecule has 4 atom stereocenters. The summed E-state index contributed by atoms with van der Waals surface area (Å²) in [7, 11) is 1.37. The van der Waals surface area contributed by atoms with Gasteiger partial charge in [0.1, 0.15) is 5.84 Å². The number of benzene rings is 1. The van der Waals surface area contributed by atoms with Crippen LogP contribution in [-0.4, -0.2) is 64.1 Å². The number of hydrogen-bond acceptors (Lipinski definition) is 6. The first-order chi connectivity index (χ1) is 14.9. The minimum atomic E-state index is -1.87. The molecule has 6 N–H and O–H groups in total. The topological polar surface area (TPSA) is 171 Å². The van der Waals surface area contributed by atoms with Crippen molar-refractivity contribution in [1.82, 2.24) is 9.80 Å². The Labute approximate surface area is 186 Å². The Hall–Kier alpha value is -3.27. The van der Waals surface area contributed by atoms with Gasteiger partial charge in [-0.05, 0) is 17.9 Å². The number of nitrogens with two attached hydrogens (primary N) is 2. The predicted octanol–water partition coefficient (Wildman–Crippen LogP) is 0.0873. The third-order valence-corrected chi connectivity index (χ3v) is 6.56. The van der Waals surface area contributed by atoms with Gasteiger partial charge in [0.2, 0.25) is 17.7 Å². The lowest BCUT2D eigenvalue weighted by Gasteiger charge is -2.41. The highest BCUT2D eigenvalue weighted by Gasteiger charge is 2.71. The summed E-state index contributed by atoms with van der Waals surface area (Å²) in [6.07, 6.45) is 0.347. The number of carboxylic acids is 1. The first-order valence-electron chi connectivity index (χ1n) is 10.5. The molecule has 32 heavy (non-hydrogen) atoms. The van der Waals surface area contributed by atoms with E-state index in [1.54, 1.807) is 4.90 Å². The number of primary amides is 1. The van der Waals surface area contributed by atoms with Crippen molar-refractivity contribution in [2.45, 2.75) is 38.3 Å². The number of amidine groups is 1. The maximum Gasteiger partial charge on any atom is 0.329 e. The summed E-state index contributed by atoms with van der Waals surface area (Å²) in [5.74, 6) is -4.95. The summed E-state index contributed by atoms with van der Waals surface area (Å²) in [6, 6.07) is 5.51. The van der Waals surface area contributed by atoms with Gasteiger partial charge in [-0.25, -0.2) is 4.79 Å². The smallest absolute Gasteiger partial charge is 0.329 e. The van der Waals surface area contributed by atoms with Crippen molar-refractivity contribution in [2.24, 2.45) is 29.2 Å². The molecule has 2 aliphatic rings. The summed E-state index contributed by atoms with van der Waals surface area (Å²) in [4.78, 5) is 53.6. The lowest BCUT2D eigenvalue weighted by Crippen LogP contribution is -2.57. The Balaban J connectivity index is 2.28. The quantitative estimate of drug-likeness (QED) is 0.250. The fourth-order valence-electron chi connectivity index (χ4n) is 5.25. The van der Waals surface area contributed by atoms with E-state index in [0.29, 0.717) is 12.0 Å². The number of fused-ring (bicyclic) bond motifs is 1. The number of rotatable bonds is 8. The molecule has 2 aliphatic heterocycles. The fourth-order valence-corrected chi connectivity index (χ4v) is 5.25. The second kappa shape index (κ2) is 8.34. The summed E-state index contributed by atoms with van der Waals surface area (Å²) < 4.78 is 0. The van der Waals surface area contributed by atoms with E-state index in [0.717, 1.165) is 4.90 Å². The van der Waals surface area contributed by atoms with Crippen LogP contribution in [0.25, 0.3) is 0 Å². The van der Waals surface area contributed by atoms with Crippen molar-refractivity contribution in [1.29, 1.82) is 5.41 Å². The van der Waals surface area contributed by atoms with Crippen molar-refractivity contribution >= 4 is 29.5 Å². The fraction of sp³-hybridized carbons (Fsp3) is 0.500. The van der Waals surface area contributed by atoms with E-state index in [2.05, 4.69) is 0 Å². The maximum absolute atomic E-state index is 13.3. The van der Waals surface area contributed by atoms with Gasteiger partial charge in [0, 0.05) is 31.6 Å². The van der Waals surface area contributed by atoms with Gasteiger partial charge in [0.05, 0.1) is 11.8 Å². The number of carboxylic acid groups (broad SMARTS) is 1. The van der Waals surface area contributed by atoms with Crippen LogP contribution in [0.3, 0.4) is 0 Å². The molecule has 0 saturated carbocycles. The first kappa shape index (κ1) is 23.4. The zero-order chi connectivity index (χ0) is 24.0. The molecule has 0 radical (unpaired) electrons. The summed E-state index contributed by atoms with van der Waals surface area (Å²) >= 11 is 0. The molecule has 2 fully saturated rings. The highest BCUT2D eigenvalue weighted by atomic mass is 16.4. The van der Waals surface area contributed by atoms with Gasteiger partial charge >= 0.3 is 5.97 Å². The van der Waals surface area contributed by atoms with Gasteiger partial charge in [0.15, 0.2) is 5.54 Å². The normalized spacial score (nSPS) is 27.8. The number of carbonyl (C=O) groups excluding carboxylic acids is 3. The molecule has 2 saturated heterocycles. The van der Waals surface area contributed by atoms with E-state index in [-0.39, 0.29) is 30.3 Å². The minimum absolute atomic E-state index is 0.00917. The number of nitrogen functional groups attached to an aromatic ring is 1. The number of imide groups is 1. The van der Waals surface area contributed by atoms with Crippen molar-refractivity contribution in [2.75, 3.05) is 13.6 Å². The Morgan fingerprint density at radius 1 is 1.16 bits per heavy atom. The zero-order valence-electron chi connectivity index (χ0n) is 18.4. The average Bonchev–Trinajstić information content (AvgIpc) is 3.12. The second-order valence-electron chi connectivity index (χ2n) is 8.91. The van der Waals surface area contributed by atoms with E-state index in [4.69, 9.17) is 16.9 Å². The summed E-state index contributed by atoms with van der Waals surface area (Å²) in [5.41, 5.74) is 9.73. The predicted molar refractivity (Wildman–Crippen MR) is 115 cm³/mol. The molecule has 0 spiro atoms. The van der Waals surface area contributed by atoms with Gasteiger partial charge in [0.25, 0.3) is 0 Å². The molecule has 1 aromatic carbocycles. The number of nitrogens with zero attached hydrogens (tertiary/aromatic N) is 2. The molecule has 1 aromatic rings. The van der Waals surface area contributed by atoms with Crippen LogP contribution >= 0.6 is 0 Å². The van der Waals surface area contributed by atoms with Crippen LogP contribution in [0.1, 0.15) is 37.8 Å². The van der Waals surface area contributed by atoms with Crippen LogP contribution < -0.4 is 11.5 Å². The molecular formula is C22H29N5O5. The first-order valence-corrected chi connectivity index (χ1v) is 10.5. The van der Waals surface area contributed by atoms with Crippen molar-refractivity contribution in [3.05, 3.63) is 35.4 Å². The van der Waals surface area contributed by atoms with Crippen molar-refractivity contribution < 1.29 is 24.3 Å². The van der Waals surface area contributed by atoms with Gasteiger partial charge < -0.3 is 16.6 Å². The second-order valence-corrected chi connectivity index (χ2v) is 8.91. The molecule has 172 valence electrons. The summed E-state index contributed by atoms with van der Waals surface area (Å²) in [5, 5.41) is 18.2. The van der Waals surface area contributed by atoms with Gasteiger partial charge in [-0.1, -0.05) is 38.1 Å². The number of hydrogen-bond donors (Lipinski definition) is 4. The number of aliphatic carboxylic acids is 1. The molecule has 0 bridgehead atoms. The van der Waals surface area contributed by atoms with E-state index in [1.807, 2.05) is 13.8 Å². The Kier molecular flexibility index (Phi) is 6.10. The molecule has 3 rings (SSSR count). The van der Waals surface area contributed by atoms with Crippen LogP contribution in [0.5, 0.6) is 0 Å². The van der Waals surface area contributed by atoms with Crippen LogP contribution in [0.4, 0.5) is 0 Å². The Morgan fingerprint density at radius 3 is 2.22 bits per heavy atom. The summed E-state index contributed by atoms with van der Waals surface area (Å²) in [6.45, 7) is 3.90. The number of likely N-dealkylation sites (tertiary alicyclic amines) is 2. The largest absolute Gasteiger partial charge is 0.480 e. The Morgan fingerprint density at radius 2 is 1.75 bits per heavy atom. The monoisotopic (exact) mass is 443 g/mol. The molecule has 0 aromatic heterocycles. The third-order valence-electron chi connectivity index (χ3n) is 6.56. The van der Waals surface area contributed by atoms with E-state index in [9.17, 15) is 24.3 Å². The lowest BCUT2D eigenvalue weighted by atomic mass is 9.75. The molecule has 10 heteroatoms. The van der Waals surface area contributed by atoms with E-state index in [1.165, 1.54) is 31.3 Å². The van der Waals surface area contributed by atoms with E-state index < -0.39 is 47.1 Å². The van der Waals surface area contributed by atoms with Crippen LogP contribution in [0, 0.1) is 23.2 Å². The van der Waals surface area contributed by atoms with Crippen LogP contribution in [0.2, 0.25) is 0 Å². The lowest BCUT2D eigenvalue weighted by molar-refractivity contribution is -0.159. The van der Waals surface area contributed by atoms with Crippen molar-refractivity contribution in [3.63, 3.8) is 0 Å². The van der Waals surface area contributed by atoms with Crippen LogP contribution in [0.15, 0.2) is 24.3 Å².